The molecule has 0 aliphatic heterocycles. The molecule has 0 unspecified atom stereocenters. The SMILES string of the molecule is CCC[CH2][Sn]([CH2]CCC)[CH2]CCC.Cl[Si](Cl)Cl. The third-order valence-electron chi connectivity index (χ3n) is 2.65. The summed E-state index contributed by atoms with van der Waals surface area (Å²) in [5.74, 6) is 0. The van der Waals surface area contributed by atoms with Crippen LogP contribution in [-0.4, -0.2) is 26.5 Å². The summed E-state index contributed by atoms with van der Waals surface area (Å²) >= 11 is 13.9. The van der Waals surface area contributed by atoms with Crippen LogP contribution in [0.5, 0.6) is 0 Å². The molecule has 0 fully saturated rings. The smallest absolute Gasteiger partial charge is 0.125 e. The van der Waals surface area contributed by atoms with Gasteiger partial charge in [0.05, 0.1) is 0 Å². The van der Waals surface area contributed by atoms with Gasteiger partial charge in [0.15, 0.2) is 0 Å². The number of rotatable bonds is 9. The Kier molecular flexibility index (Phi) is 22.3. The van der Waals surface area contributed by atoms with Crippen LogP contribution in [-0.2, 0) is 0 Å². The molecule has 0 saturated carbocycles. The Bertz CT molecular complexity index is 115. The molecule has 0 heterocycles. The minimum atomic E-state index is -1.46. The zero-order chi connectivity index (χ0) is 13.5. The van der Waals surface area contributed by atoms with Crippen molar-refractivity contribution < 1.29 is 0 Å². The number of hydrogen-bond donors (Lipinski definition) is 0. The average Bonchev–Trinajstić information content (AvgIpc) is 2.27. The fourth-order valence-corrected chi connectivity index (χ4v) is 11.1. The van der Waals surface area contributed by atoms with Crippen molar-refractivity contribution in [2.45, 2.75) is 72.6 Å². The molecular weight excluding hydrogens is 397 g/mol. The van der Waals surface area contributed by atoms with Crippen molar-refractivity contribution in [3.05, 3.63) is 0 Å². The van der Waals surface area contributed by atoms with Crippen molar-refractivity contribution in [1.82, 2.24) is 0 Å². The van der Waals surface area contributed by atoms with Gasteiger partial charge in [0.2, 0.25) is 0 Å². The molecule has 0 rings (SSSR count). The van der Waals surface area contributed by atoms with E-state index < -0.39 is 26.5 Å². The van der Waals surface area contributed by atoms with E-state index in [1.54, 1.807) is 13.3 Å². The molecular formula is C12H27Cl3SiSn. The summed E-state index contributed by atoms with van der Waals surface area (Å²) in [4.78, 5) is 0. The summed E-state index contributed by atoms with van der Waals surface area (Å²) in [6, 6.07) is 0. The van der Waals surface area contributed by atoms with Gasteiger partial charge in [-0.2, -0.15) is 0 Å². The van der Waals surface area contributed by atoms with Crippen molar-refractivity contribution in [3.63, 3.8) is 0 Å². The molecule has 0 N–H and O–H groups in total. The normalized spacial score (nSPS) is 10.6. The molecule has 0 saturated heterocycles. The van der Waals surface area contributed by atoms with Gasteiger partial charge in [0.25, 0.3) is 0 Å². The molecule has 0 amide bonds. The quantitative estimate of drug-likeness (QED) is 0.290. The Labute approximate surface area is 131 Å². The van der Waals surface area contributed by atoms with E-state index in [2.05, 4.69) is 20.8 Å². The Balaban J connectivity index is 0. The van der Waals surface area contributed by atoms with E-state index in [9.17, 15) is 0 Å². The van der Waals surface area contributed by atoms with Gasteiger partial charge in [-0.15, -0.1) is 33.2 Å². The van der Waals surface area contributed by atoms with Crippen LogP contribution in [0.3, 0.4) is 0 Å². The van der Waals surface area contributed by atoms with Gasteiger partial charge in [-0.1, -0.05) is 0 Å². The molecule has 0 aliphatic carbocycles. The first-order valence-electron chi connectivity index (χ1n) is 6.75. The van der Waals surface area contributed by atoms with Gasteiger partial charge < -0.3 is 0 Å². The molecule has 104 valence electrons. The summed E-state index contributed by atoms with van der Waals surface area (Å²) < 4.78 is 5.04. The Morgan fingerprint density at radius 2 is 0.941 bits per heavy atom. The van der Waals surface area contributed by atoms with Crippen molar-refractivity contribution in [2.24, 2.45) is 0 Å². The molecule has 5 heteroatoms. The number of hydrogen-bond acceptors (Lipinski definition) is 0. The second-order valence-electron chi connectivity index (χ2n) is 4.27. The van der Waals surface area contributed by atoms with E-state index in [1.165, 1.54) is 38.5 Å². The molecule has 17 heavy (non-hydrogen) atoms. The molecule has 0 aromatic carbocycles. The first-order valence-corrected chi connectivity index (χ1v) is 17.3. The van der Waals surface area contributed by atoms with E-state index >= 15 is 0 Å². The van der Waals surface area contributed by atoms with Gasteiger partial charge in [0, 0.05) is 0 Å². The van der Waals surface area contributed by atoms with E-state index in [4.69, 9.17) is 33.2 Å². The molecule has 0 aromatic rings. The van der Waals surface area contributed by atoms with Crippen LogP contribution >= 0.6 is 33.2 Å². The van der Waals surface area contributed by atoms with Crippen molar-refractivity contribution in [3.8, 4) is 0 Å². The molecule has 0 bridgehead atoms. The second kappa shape index (κ2) is 17.9. The number of halogens is 3. The van der Waals surface area contributed by atoms with E-state index in [0.29, 0.717) is 0 Å². The van der Waals surface area contributed by atoms with Crippen molar-refractivity contribution in [1.29, 1.82) is 0 Å². The molecule has 0 aliphatic rings. The van der Waals surface area contributed by atoms with Gasteiger partial charge in [-0.05, 0) is 0 Å². The zero-order valence-corrected chi connectivity index (χ0v) is 17.6. The molecule has 0 nitrogen and oxygen atoms in total. The Hall–Kier alpha value is 1.89. The molecule has 0 aromatic heterocycles. The summed E-state index contributed by atoms with van der Waals surface area (Å²) in [7, 11) is 0. The van der Waals surface area contributed by atoms with Crippen LogP contribution in [0.4, 0.5) is 0 Å². The summed E-state index contributed by atoms with van der Waals surface area (Å²) in [5.41, 5.74) is 0. The predicted octanol–water partition coefficient (Wildman–Crippen LogP) is 6.57. The Morgan fingerprint density at radius 1 is 0.706 bits per heavy atom. The van der Waals surface area contributed by atoms with Gasteiger partial charge >= 0.3 is 99.1 Å². The molecule has 0 atom stereocenters. The van der Waals surface area contributed by atoms with Crippen LogP contribution < -0.4 is 0 Å². The monoisotopic (exact) mass is 424 g/mol. The third kappa shape index (κ3) is 23.4. The van der Waals surface area contributed by atoms with Crippen molar-refractivity contribution >= 4 is 59.7 Å². The van der Waals surface area contributed by atoms with Crippen LogP contribution in [0.2, 0.25) is 13.3 Å². The van der Waals surface area contributed by atoms with Crippen LogP contribution in [0.1, 0.15) is 59.3 Å². The largest absolute Gasteiger partial charge is 0.376 e. The fourth-order valence-electron chi connectivity index (χ4n) is 1.66. The second-order valence-corrected chi connectivity index (χ2v) is 18.4. The number of unbranched alkanes of at least 4 members (excludes halogenated alkanes) is 3. The van der Waals surface area contributed by atoms with Crippen LogP contribution in [0.25, 0.3) is 0 Å². The first kappa shape index (κ1) is 21.2. The van der Waals surface area contributed by atoms with E-state index in [0.717, 1.165) is 0 Å². The summed E-state index contributed by atoms with van der Waals surface area (Å²) in [5, 5.41) is 0. The third-order valence-corrected chi connectivity index (χ3v) is 11.7. The maximum atomic E-state index is 4.91. The maximum Gasteiger partial charge on any atom is 0.376 e. The van der Waals surface area contributed by atoms with Gasteiger partial charge in [0.1, 0.15) is 0 Å². The molecule has 2 radical (unpaired) electrons. The predicted molar refractivity (Wildman–Crippen MR) is 88.2 cm³/mol. The topological polar surface area (TPSA) is 0 Å². The maximum absolute atomic E-state index is 4.91. The average molecular weight is 425 g/mol. The van der Waals surface area contributed by atoms with Crippen molar-refractivity contribution in [2.75, 3.05) is 0 Å². The van der Waals surface area contributed by atoms with Crippen LogP contribution in [0, 0.1) is 0 Å². The Morgan fingerprint density at radius 3 is 1.12 bits per heavy atom. The van der Waals surface area contributed by atoms with E-state index in [1.807, 2.05) is 0 Å². The van der Waals surface area contributed by atoms with Crippen LogP contribution in [0.15, 0.2) is 0 Å². The van der Waals surface area contributed by atoms with Gasteiger partial charge in [-0.25, -0.2) is 0 Å². The fraction of sp³-hybridized carbons (Fsp3) is 1.00. The summed E-state index contributed by atoms with van der Waals surface area (Å²) in [6.07, 6.45) is 8.85. The van der Waals surface area contributed by atoms with Gasteiger partial charge in [-0.3, -0.25) is 0 Å². The molecule has 0 spiro atoms. The van der Waals surface area contributed by atoms with E-state index in [-0.39, 0.29) is 0 Å². The minimum absolute atomic E-state index is 0.839. The first-order chi connectivity index (χ1) is 8.08. The summed E-state index contributed by atoms with van der Waals surface area (Å²) in [6.45, 7) is 5.54. The standard InChI is InChI=1S/3C4H9.Cl3Si.Sn/c3*1-3-4-2;1-4(2)3;/h3*1,3-4H2,2H3;;. The zero-order valence-electron chi connectivity index (χ0n) is 11.5. The minimum Gasteiger partial charge on any atom is -0.125 e.